The summed E-state index contributed by atoms with van der Waals surface area (Å²) in [6.45, 7) is 7.92. The normalized spacial score (nSPS) is 12.0. The molecule has 0 spiro atoms. The van der Waals surface area contributed by atoms with Gasteiger partial charge in [-0.2, -0.15) is 0 Å². The van der Waals surface area contributed by atoms with Crippen molar-refractivity contribution in [2.75, 3.05) is 6.61 Å². The summed E-state index contributed by atoms with van der Waals surface area (Å²) >= 11 is 0. The van der Waals surface area contributed by atoms with Gasteiger partial charge in [0.1, 0.15) is 0 Å². The molecule has 0 aliphatic heterocycles. The van der Waals surface area contributed by atoms with E-state index < -0.39 is 8.32 Å². The monoisotopic (exact) mass is 624 g/mol. The fourth-order valence-electron chi connectivity index (χ4n) is 7.44. The standard InChI is InChI=1S/C44H52OSi/c1-5-38-39(41-33-23-24-34-43(41)42-32-22-21-31-40(38)42)30-20-12-10-8-6-7-9-11-13-25-35-45-46(44(2,3)4,36-26-16-14-17-27-36)37-28-18-15-19-29-37/h1,14-19,21-24,26-29,31-34H,6-13,20,25,30,35H2,2-4H3. The summed E-state index contributed by atoms with van der Waals surface area (Å²) in [6, 6.07) is 39.4. The van der Waals surface area contributed by atoms with Gasteiger partial charge in [0.2, 0.25) is 0 Å². The van der Waals surface area contributed by atoms with Crippen molar-refractivity contribution in [3.05, 3.63) is 120 Å². The van der Waals surface area contributed by atoms with Crippen LogP contribution in [0.1, 0.15) is 96.1 Å². The van der Waals surface area contributed by atoms with E-state index in [2.05, 4.69) is 136 Å². The maximum absolute atomic E-state index is 7.07. The highest BCUT2D eigenvalue weighted by molar-refractivity contribution is 6.99. The predicted octanol–water partition coefficient (Wildman–Crippen LogP) is 11.0. The molecule has 2 heteroatoms. The molecule has 0 saturated heterocycles. The van der Waals surface area contributed by atoms with Crippen LogP contribution < -0.4 is 10.4 Å². The van der Waals surface area contributed by atoms with Crippen LogP contribution in [0.5, 0.6) is 0 Å². The van der Waals surface area contributed by atoms with Crippen LogP contribution >= 0.6 is 0 Å². The molecule has 0 fully saturated rings. The average Bonchev–Trinajstić information content (AvgIpc) is 3.08. The Kier molecular flexibility index (Phi) is 11.9. The molecule has 5 rings (SSSR count). The van der Waals surface area contributed by atoms with Gasteiger partial charge < -0.3 is 4.43 Å². The first-order chi connectivity index (χ1) is 22.5. The summed E-state index contributed by atoms with van der Waals surface area (Å²) in [5, 5.41) is 7.91. The van der Waals surface area contributed by atoms with Crippen molar-refractivity contribution in [1.82, 2.24) is 0 Å². The molecule has 0 amide bonds. The molecule has 0 aromatic heterocycles. The van der Waals surface area contributed by atoms with Crippen molar-refractivity contribution in [3.8, 4) is 12.3 Å². The highest BCUT2D eigenvalue weighted by Crippen LogP contribution is 2.37. The molecule has 5 aromatic rings. The summed E-state index contributed by atoms with van der Waals surface area (Å²) in [5.74, 6) is 3.05. The molecule has 46 heavy (non-hydrogen) atoms. The minimum Gasteiger partial charge on any atom is -0.407 e. The third kappa shape index (κ3) is 7.66. The van der Waals surface area contributed by atoms with Crippen LogP contribution in [0.3, 0.4) is 0 Å². The predicted molar refractivity (Wildman–Crippen MR) is 203 cm³/mol. The molecule has 1 nitrogen and oxygen atoms in total. The fraction of sp³-hybridized carbons (Fsp3) is 0.364. The van der Waals surface area contributed by atoms with Gasteiger partial charge in [0.25, 0.3) is 8.32 Å². The van der Waals surface area contributed by atoms with E-state index in [4.69, 9.17) is 10.8 Å². The Balaban J connectivity index is 1.02. The summed E-state index contributed by atoms with van der Waals surface area (Å²) in [7, 11) is -2.41. The molecule has 0 atom stereocenters. The second-order valence-electron chi connectivity index (χ2n) is 13.9. The topological polar surface area (TPSA) is 9.23 Å². The van der Waals surface area contributed by atoms with Crippen molar-refractivity contribution in [2.24, 2.45) is 0 Å². The van der Waals surface area contributed by atoms with Crippen molar-refractivity contribution < 1.29 is 4.43 Å². The van der Waals surface area contributed by atoms with Gasteiger partial charge in [-0.1, -0.05) is 187 Å². The number of hydrogen-bond donors (Lipinski definition) is 0. The Bertz CT molecular complexity index is 1670. The van der Waals surface area contributed by atoms with Crippen LogP contribution in [-0.4, -0.2) is 14.9 Å². The number of fused-ring (bicyclic) bond motifs is 3. The Morgan fingerprint density at radius 2 is 0.935 bits per heavy atom. The highest BCUT2D eigenvalue weighted by atomic mass is 28.4. The van der Waals surface area contributed by atoms with Crippen LogP contribution in [0.15, 0.2) is 109 Å². The molecule has 5 aromatic carbocycles. The van der Waals surface area contributed by atoms with Gasteiger partial charge >= 0.3 is 0 Å². The van der Waals surface area contributed by atoms with Gasteiger partial charge in [-0.15, -0.1) is 6.42 Å². The van der Waals surface area contributed by atoms with E-state index in [1.807, 2.05) is 0 Å². The van der Waals surface area contributed by atoms with E-state index in [9.17, 15) is 0 Å². The number of unbranched alkanes of at least 4 members (excludes halogenated alkanes) is 9. The van der Waals surface area contributed by atoms with Crippen molar-refractivity contribution in [1.29, 1.82) is 0 Å². The van der Waals surface area contributed by atoms with Crippen molar-refractivity contribution in [3.63, 3.8) is 0 Å². The molecule has 0 aliphatic carbocycles. The Morgan fingerprint density at radius 1 is 0.522 bits per heavy atom. The van der Waals surface area contributed by atoms with E-state index in [1.54, 1.807) is 0 Å². The highest BCUT2D eigenvalue weighted by Gasteiger charge is 2.49. The Labute approximate surface area is 279 Å². The smallest absolute Gasteiger partial charge is 0.261 e. The minimum atomic E-state index is -2.41. The van der Waals surface area contributed by atoms with Gasteiger partial charge in [-0.05, 0) is 61.8 Å². The third-order valence-electron chi connectivity index (χ3n) is 9.74. The molecule has 238 valence electrons. The molecule has 0 bridgehead atoms. The zero-order valence-corrected chi connectivity index (χ0v) is 29.4. The lowest BCUT2D eigenvalue weighted by Gasteiger charge is -2.43. The quantitative estimate of drug-likeness (QED) is 0.0459. The first kappa shape index (κ1) is 33.7. The lowest BCUT2D eigenvalue weighted by atomic mass is 9.89. The van der Waals surface area contributed by atoms with E-state index in [-0.39, 0.29) is 5.04 Å². The summed E-state index contributed by atoms with van der Waals surface area (Å²) in [6.07, 6.45) is 19.9. The lowest BCUT2D eigenvalue weighted by molar-refractivity contribution is 0.286. The van der Waals surface area contributed by atoms with Crippen molar-refractivity contribution >= 4 is 40.2 Å². The number of hydrogen-bond acceptors (Lipinski definition) is 1. The molecule has 0 heterocycles. The van der Waals surface area contributed by atoms with Crippen LogP contribution in [-0.2, 0) is 10.8 Å². The van der Waals surface area contributed by atoms with E-state index in [0.29, 0.717) is 0 Å². The maximum Gasteiger partial charge on any atom is 0.261 e. The zero-order valence-electron chi connectivity index (χ0n) is 28.4. The van der Waals surface area contributed by atoms with Crippen molar-refractivity contribution in [2.45, 2.75) is 96.4 Å². The molecular weight excluding hydrogens is 573 g/mol. The molecule has 0 aliphatic rings. The van der Waals surface area contributed by atoms with E-state index in [1.165, 1.54) is 95.3 Å². The first-order valence-electron chi connectivity index (χ1n) is 17.6. The Hall–Kier alpha value is -3.64. The molecule has 0 radical (unpaired) electrons. The fourth-order valence-corrected chi connectivity index (χ4v) is 12.0. The van der Waals surface area contributed by atoms with E-state index in [0.717, 1.165) is 25.0 Å². The molecule has 0 unspecified atom stereocenters. The summed E-state index contributed by atoms with van der Waals surface area (Å²) < 4.78 is 7.07. The van der Waals surface area contributed by atoms with Gasteiger partial charge in [0, 0.05) is 12.2 Å². The number of benzene rings is 5. The Morgan fingerprint density at radius 3 is 1.43 bits per heavy atom. The number of rotatable bonds is 16. The van der Waals surface area contributed by atoms with Crippen LogP contribution in [0.25, 0.3) is 21.5 Å². The van der Waals surface area contributed by atoms with Crippen LogP contribution in [0.4, 0.5) is 0 Å². The van der Waals surface area contributed by atoms with Gasteiger partial charge in [0.15, 0.2) is 0 Å². The molecular formula is C44H52OSi. The number of terminal acetylenes is 1. The van der Waals surface area contributed by atoms with Gasteiger partial charge in [0.05, 0.1) is 0 Å². The second kappa shape index (κ2) is 16.3. The largest absolute Gasteiger partial charge is 0.407 e. The van der Waals surface area contributed by atoms with E-state index >= 15 is 0 Å². The summed E-state index contributed by atoms with van der Waals surface area (Å²) in [4.78, 5) is 0. The first-order valence-corrected chi connectivity index (χ1v) is 19.5. The molecule has 0 N–H and O–H groups in total. The van der Waals surface area contributed by atoms with Gasteiger partial charge in [-0.3, -0.25) is 0 Å². The second-order valence-corrected chi connectivity index (χ2v) is 18.2. The maximum atomic E-state index is 7.07. The van der Waals surface area contributed by atoms with Gasteiger partial charge in [-0.25, -0.2) is 0 Å². The minimum absolute atomic E-state index is 0.0442. The number of aryl methyl sites for hydroxylation is 1. The average molecular weight is 625 g/mol. The zero-order chi connectivity index (χ0) is 32.2. The SMILES string of the molecule is C#Cc1c(CCCCCCCCCCCCO[Si](c2ccccc2)(c2ccccc2)C(C)(C)C)c2ccccc2c2ccccc12. The third-order valence-corrected chi connectivity index (χ3v) is 14.8. The van der Waals surface area contributed by atoms with Crippen LogP contribution in [0.2, 0.25) is 5.04 Å². The summed E-state index contributed by atoms with van der Waals surface area (Å²) in [5.41, 5.74) is 2.45. The lowest BCUT2D eigenvalue weighted by Crippen LogP contribution is -2.66. The molecule has 0 saturated carbocycles. The van der Waals surface area contributed by atoms with Crippen LogP contribution in [0, 0.1) is 12.3 Å².